The Labute approximate surface area is 133 Å². The Morgan fingerprint density at radius 1 is 1.39 bits per heavy atom. The van der Waals surface area contributed by atoms with Crippen molar-refractivity contribution in [1.29, 1.82) is 0 Å². The standard InChI is InChI=1S/C15H22F2N4O2/c1-10(19-15(23)11-4-2-3-5-11)6-14(22)20-12-7-18-21(8-12)9-13(16)17/h7-8,10-11,13H,2-6,9H2,1H3,(H,19,23)(H,20,22). The molecule has 1 fully saturated rings. The molecule has 1 aromatic rings. The van der Waals surface area contributed by atoms with Gasteiger partial charge >= 0.3 is 0 Å². The van der Waals surface area contributed by atoms with Gasteiger partial charge in [0.25, 0.3) is 6.43 Å². The minimum absolute atomic E-state index is 0.00699. The number of alkyl halides is 2. The molecule has 1 unspecified atom stereocenters. The monoisotopic (exact) mass is 328 g/mol. The number of aromatic nitrogens is 2. The lowest BCUT2D eigenvalue weighted by atomic mass is 10.1. The van der Waals surface area contributed by atoms with E-state index in [1.54, 1.807) is 6.92 Å². The Bertz CT molecular complexity index is 541. The second-order valence-corrected chi connectivity index (χ2v) is 5.99. The van der Waals surface area contributed by atoms with Gasteiger partial charge < -0.3 is 10.6 Å². The van der Waals surface area contributed by atoms with Gasteiger partial charge in [-0.25, -0.2) is 8.78 Å². The smallest absolute Gasteiger partial charge is 0.257 e. The third-order valence-electron chi connectivity index (χ3n) is 3.85. The Hall–Kier alpha value is -1.99. The number of halogens is 2. The van der Waals surface area contributed by atoms with Crippen molar-refractivity contribution in [2.24, 2.45) is 5.92 Å². The van der Waals surface area contributed by atoms with Crippen LogP contribution in [0.3, 0.4) is 0 Å². The zero-order valence-electron chi connectivity index (χ0n) is 13.1. The summed E-state index contributed by atoms with van der Waals surface area (Å²) in [6, 6.07) is -0.279. The number of carbonyl (C=O) groups excluding carboxylic acids is 2. The lowest BCUT2D eigenvalue weighted by Crippen LogP contribution is -2.38. The number of carbonyl (C=O) groups is 2. The minimum Gasteiger partial charge on any atom is -0.353 e. The number of anilines is 1. The van der Waals surface area contributed by atoms with E-state index < -0.39 is 13.0 Å². The molecule has 2 amide bonds. The molecular weight excluding hydrogens is 306 g/mol. The summed E-state index contributed by atoms with van der Waals surface area (Å²) >= 11 is 0. The number of nitrogens with one attached hydrogen (secondary N) is 2. The van der Waals surface area contributed by atoms with Crippen molar-refractivity contribution < 1.29 is 18.4 Å². The normalized spacial score (nSPS) is 16.5. The average Bonchev–Trinajstić information content (AvgIpc) is 3.09. The number of nitrogens with zero attached hydrogens (tertiary/aromatic N) is 2. The fourth-order valence-corrected chi connectivity index (χ4v) is 2.76. The third kappa shape index (κ3) is 5.61. The van der Waals surface area contributed by atoms with Crippen molar-refractivity contribution in [3.63, 3.8) is 0 Å². The summed E-state index contributed by atoms with van der Waals surface area (Å²) in [7, 11) is 0. The van der Waals surface area contributed by atoms with E-state index in [4.69, 9.17) is 0 Å². The second-order valence-electron chi connectivity index (χ2n) is 5.99. The molecule has 0 aromatic carbocycles. The molecule has 1 aromatic heterocycles. The number of rotatable bonds is 7. The van der Waals surface area contributed by atoms with E-state index in [-0.39, 0.29) is 30.2 Å². The van der Waals surface area contributed by atoms with Crippen LogP contribution in [0.15, 0.2) is 12.4 Å². The van der Waals surface area contributed by atoms with E-state index in [1.807, 2.05) is 0 Å². The van der Waals surface area contributed by atoms with Crippen LogP contribution >= 0.6 is 0 Å². The summed E-state index contributed by atoms with van der Waals surface area (Å²) in [5.41, 5.74) is 0.366. The Balaban J connectivity index is 1.75. The fraction of sp³-hybridized carbons (Fsp3) is 0.667. The van der Waals surface area contributed by atoms with Gasteiger partial charge in [0, 0.05) is 24.6 Å². The molecule has 0 aliphatic heterocycles. The predicted octanol–water partition coefficient (Wildman–Crippen LogP) is 2.17. The van der Waals surface area contributed by atoms with Crippen molar-refractivity contribution in [2.45, 2.75) is 58.0 Å². The summed E-state index contributed by atoms with van der Waals surface area (Å²) in [6.07, 6.45) is 4.28. The number of amides is 2. The first-order valence-electron chi connectivity index (χ1n) is 7.85. The maximum atomic E-state index is 12.2. The highest BCUT2D eigenvalue weighted by Gasteiger charge is 2.24. The average molecular weight is 328 g/mol. The summed E-state index contributed by atoms with van der Waals surface area (Å²) in [5, 5.41) is 9.18. The summed E-state index contributed by atoms with van der Waals surface area (Å²) in [4.78, 5) is 23.9. The molecule has 1 aliphatic rings. The highest BCUT2D eigenvalue weighted by Crippen LogP contribution is 2.24. The van der Waals surface area contributed by atoms with Gasteiger partial charge in [-0.2, -0.15) is 5.10 Å². The zero-order chi connectivity index (χ0) is 16.8. The molecule has 0 radical (unpaired) electrons. The van der Waals surface area contributed by atoms with Crippen LogP contribution in [0.2, 0.25) is 0 Å². The van der Waals surface area contributed by atoms with E-state index in [2.05, 4.69) is 15.7 Å². The van der Waals surface area contributed by atoms with Gasteiger partial charge in [0.2, 0.25) is 11.8 Å². The molecule has 1 saturated carbocycles. The highest BCUT2D eigenvalue weighted by atomic mass is 19.3. The van der Waals surface area contributed by atoms with Gasteiger partial charge in [-0.05, 0) is 19.8 Å². The second kappa shape index (κ2) is 8.03. The first-order valence-corrected chi connectivity index (χ1v) is 7.85. The molecule has 2 N–H and O–H groups in total. The van der Waals surface area contributed by atoms with Crippen molar-refractivity contribution in [1.82, 2.24) is 15.1 Å². The molecular formula is C15H22F2N4O2. The molecule has 23 heavy (non-hydrogen) atoms. The molecule has 1 aliphatic carbocycles. The van der Waals surface area contributed by atoms with Crippen LogP contribution in [0, 0.1) is 5.92 Å². The van der Waals surface area contributed by atoms with E-state index >= 15 is 0 Å². The van der Waals surface area contributed by atoms with Crippen LogP contribution in [0.5, 0.6) is 0 Å². The van der Waals surface area contributed by atoms with Crippen LogP contribution in [0.4, 0.5) is 14.5 Å². The fourth-order valence-electron chi connectivity index (χ4n) is 2.76. The maximum absolute atomic E-state index is 12.2. The Kier molecular flexibility index (Phi) is 6.06. The van der Waals surface area contributed by atoms with E-state index in [0.29, 0.717) is 5.69 Å². The molecule has 128 valence electrons. The van der Waals surface area contributed by atoms with Gasteiger partial charge in [0.15, 0.2) is 0 Å². The van der Waals surface area contributed by atoms with Gasteiger partial charge in [-0.1, -0.05) is 12.8 Å². The van der Waals surface area contributed by atoms with Crippen molar-refractivity contribution in [3.8, 4) is 0 Å². The van der Waals surface area contributed by atoms with Crippen molar-refractivity contribution in [3.05, 3.63) is 12.4 Å². The lowest BCUT2D eigenvalue weighted by molar-refractivity contribution is -0.125. The predicted molar refractivity (Wildman–Crippen MR) is 81.0 cm³/mol. The maximum Gasteiger partial charge on any atom is 0.257 e. The zero-order valence-corrected chi connectivity index (χ0v) is 13.1. The van der Waals surface area contributed by atoms with Crippen LogP contribution in [0.25, 0.3) is 0 Å². The van der Waals surface area contributed by atoms with Crippen molar-refractivity contribution >= 4 is 17.5 Å². The SMILES string of the molecule is CC(CC(=O)Nc1cnn(CC(F)F)c1)NC(=O)C1CCCC1. The molecule has 0 saturated heterocycles. The van der Waals surface area contributed by atoms with Gasteiger partial charge in [0.1, 0.15) is 6.54 Å². The van der Waals surface area contributed by atoms with Crippen LogP contribution in [-0.2, 0) is 16.1 Å². The number of hydrogen-bond acceptors (Lipinski definition) is 3. The van der Waals surface area contributed by atoms with E-state index in [1.165, 1.54) is 12.4 Å². The van der Waals surface area contributed by atoms with E-state index in [0.717, 1.165) is 30.4 Å². The Morgan fingerprint density at radius 3 is 2.74 bits per heavy atom. The van der Waals surface area contributed by atoms with Crippen molar-refractivity contribution in [2.75, 3.05) is 5.32 Å². The van der Waals surface area contributed by atoms with E-state index in [9.17, 15) is 18.4 Å². The van der Waals surface area contributed by atoms with Crippen LogP contribution in [-0.4, -0.2) is 34.1 Å². The summed E-state index contributed by atoms with van der Waals surface area (Å²) in [6.45, 7) is 1.26. The lowest BCUT2D eigenvalue weighted by Gasteiger charge is -2.16. The molecule has 0 bridgehead atoms. The molecule has 1 atom stereocenters. The van der Waals surface area contributed by atoms with Gasteiger partial charge in [-0.15, -0.1) is 0 Å². The molecule has 1 heterocycles. The minimum atomic E-state index is -2.50. The van der Waals surface area contributed by atoms with Gasteiger partial charge in [-0.3, -0.25) is 14.3 Å². The Morgan fingerprint density at radius 2 is 2.09 bits per heavy atom. The first-order chi connectivity index (χ1) is 10.9. The topological polar surface area (TPSA) is 76.0 Å². The molecule has 2 rings (SSSR count). The number of hydrogen-bond donors (Lipinski definition) is 2. The van der Waals surface area contributed by atoms with Crippen LogP contribution < -0.4 is 10.6 Å². The molecule has 8 heteroatoms. The van der Waals surface area contributed by atoms with Crippen LogP contribution in [0.1, 0.15) is 39.0 Å². The highest BCUT2D eigenvalue weighted by molar-refractivity contribution is 5.91. The summed E-state index contributed by atoms with van der Waals surface area (Å²) < 4.78 is 25.5. The van der Waals surface area contributed by atoms with Gasteiger partial charge in [0.05, 0.1) is 11.9 Å². The molecule has 0 spiro atoms. The third-order valence-corrected chi connectivity index (χ3v) is 3.85. The largest absolute Gasteiger partial charge is 0.353 e. The quantitative estimate of drug-likeness (QED) is 0.805. The molecule has 6 nitrogen and oxygen atoms in total. The summed E-state index contributed by atoms with van der Waals surface area (Å²) in [5.74, 6) is -0.221. The first kappa shape index (κ1) is 17.4.